The maximum Gasteiger partial charge on any atom is 0.264 e. The van der Waals surface area contributed by atoms with E-state index in [-0.39, 0.29) is 31.4 Å². The van der Waals surface area contributed by atoms with Crippen LogP contribution in [0.1, 0.15) is 11.1 Å². The number of carbonyl (C=O) groups is 1. The summed E-state index contributed by atoms with van der Waals surface area (Å²) in [6.07, 6.45) is -0.753. The monoisotopic (exact) mass is 316 g/mol. The molecule has 1 aliphatic heterocycles. The van der Waals surface area contributed by atoms with Crippen LogP contribution in [0, 0.1) is 5.82 Å². The third kappa shape index (κ3) is 3.43. The van der Waals surface area contributed by atoms with Crippen LogP contribution in [0.2, 0.25) is 0 Å². The van der Waals surface area contributed by atoms with Crippen molar-refractivity contribution in [1.82, 2.24) is 5.32 Å². The van der Waals surface area contributed by atoms with E-state index in [0.717, 1.165) is 0 Å². The first-order chi connectivity index (χ1) is 11.2. The SMILES string of the molecule is NCc1ccc(CNC(=O)[C@@H]2COc3ccccc3O2)c(F)c1. The van der Waals surface area contributed by atoms with Gasteiger partial charge in [0, 0.05) is 18.7 Å². The van der Waals surface area contributed by atoms with Crippen molar-refractivity contribution in [2.75, 3.05) is 6.61 Å². The fourth-order valence-corrected chi connectivity index (χ4v) is 2.31. The molecule has 0 saturated heterocycles. The largest absolute Gasteiger partial charge is 0.485 e. The second kappa shape index (κ2) is 6.66. The lowest BCUT2D eigenvalue weighted by molar-refractivity contribution is -0.130. The smallest absolute Gasteiger partial charge is 0.264 e. The van der Waals surface area contributed by atoms with Crippen molar-refractivity contribution in [2.45, 2.75) is 19.2 Å². The quantitative estimate of drug-likeness (QED) is 0.901. The van der Waals surface area contributed by atoms with Crippen molar-refractivity contribution < 1.29 is 18.7 Å². The van der Waals surface area contributed by atoms with Crippen molar-refractivity contribution in [3.8, 4) is 11.5 Å². The Hall–Kier alpha value is -2.60. The van der Waals surface area contributed by atoms with Gasteiger partial charge in [-0.15, -0.1) is 0 Å². The summed E-state index contributed by atoms with van der Waals surface area (Å²) in [4.78, 5) is 12.2. The Balaban J connectivity index is 1.60. The zero-order valence-corrected chi connectivity index (χ0v) is 12.4. The maximum absolute atomic E-state index is 13.9. The second-order valence-corrected chi connectivity index (χ2v) is 5.21. The van der Waals surface area contributed by atoms with E-state index in [9.17, 15) is 9.18 Å². The van der Waals surface area contributed by atoms with Crippen LogP contribution in [0.15, 0.2) is 42.5 Å². The van der Waals surface area contributed by atoms with Crippen molar-refractivity contribution >= 4 is 5.91 Å². The summed E-state index contributed by atoms with van der Waals surface area (Å²) in [6, 6.07) is 11.9. The number of rotatable bonds is 4. The fourth-order valence-electron chi connectivity index (χ4n) is 2.31. The molecular formula is C17H17FN2O3. The van der Waals surface area contributed by atoms with Gasteiger partial charge in [0.15, 0.2) is 11.5 Å². The Morgan fingerprint density at radius 3 is 2.78 bits per heavy atom. The van der Waals surface area contributed by atoms with Gasteiger partial charge < -0.3 is 20.5 Å². The van der Waals surface area contributed by atoms with Crippen LogP contribution < -0.4 is 20.5 Å². The van der Waals surface area contributed by atoms with Gasteiger partial charge in [0.1, 0.15) is 12.4 Å². The highest BCUT2D eigenvalue weighted by Crippen LogP contribution is 2.30. The summed E-state index contributed by atoms with van der Waals surface area (Å²) >= 11 is 0. The normalized spacial score (nSPS) is 16.0. The first kappa shape index (κ1) is 15.3. The van der Waals surface area contributed by atoms with Crippen LogP contribution >= 0.6 is 0 Å². The zero-order chi connectivity index (χ0) is 16.2. The van der Waals surface area contributed by atoms with Gasteiger partial charge in [0.2, 0.25) is 6.10 Å². The van der Waals surface area contributed by atoms with Crippen LogP contribution in [0.5, 0.6) is 11.5 Å². The first-order valence-electron chi connectivity index (χ1n) is 7.31. The van der Waals surface area contributed by atoms with E-state index in [1.54, 1.807) is 30.3 Å². The summed E-state index contributed by atoms with van der Waals surface area (Å²) in [5.74, 6) is 0.401. The molecule has 0 bridgehead atoms. The number of ether oxygens (including phenoxy) is 2. The minimum absolute atomic E-state index is 0.0804. The number of hydrogen-bond acceptors (Lipinski definition) is 4. The van der Waals surface area contributed by atoms with Crippen LogP contribution in [-0.4, -0.2) is 18.6 Å². The number of carbonyl (C=O) groups excluding carboxylic acids is 1. The van der Waals surface area contributed by atoms with E-state index in [1.807, 2.05) is 6.07 Å². The summed E-state index contributed by atoms with van der Waals surface area (Å²) in [6.45, 7) is 0.477. The average Bonchev–Trinajstić information content (AvgIpc) is 2.59. The molecule has 6 heteroatoms. The predicted molar refractivity (Wildman–Crippen MR) is 82.5 cm³/mol. The minimum atomic E-state index is -0.753. The number of fused-ring (bicyclic) bond motifs is 1. The molecule has 0 aromatic heterocycles. The van der Waals surface area contributed by atoms with E-state index in [4.69, 9.17) is 15.2 Å². The molecule has 5 nitrogen and oxygen atoms in total. The number of nitrogens with one attached hydrogen (secondary N) is 1. The van der Waals surface area contributed by atoms with E-state index in [0.29, 0.717) is 22.6 Å². The van der Waals surface area contributed by atoms with Crippen molar-refractivity contribution in [2.24, 2.45) is 5.73 Å². The maximum atomic E-state index is 13.9. The molecule has 2 aromatic carbocycles. The fraction of sp³-hybridized carbons (Fsp3) is 0.235. The summed E-state index contributed by atoms with van der Waals surface area (Å²) in [5, 5.41) is 2.66. The van der Waals surface area contributed by atoms with Crippen molar-refractivity contribution in [3.63, 3.8) is 0 Å². The molecule has 120 valence electrons. The Bertz CT molecular complexity index is 721. The lowest BCUT2D eigenvalue weighted by atomic mass is 10.1. The van der Waals surface area contributed by atoms with Gasteiger partial charge in [-0.1, -0.05) is 24.3 Å². The minimum Gasteiger partial charge on any atom is -0.485 e. The third-order valence-corrected chi connectivity index (χ3v) is 3.61. The number of nitrogens with two attached hydrogens (primary N) is 1. The lowest BCUT2D eigenvalue weighted by Crippen LogP contribution is -2.43. The highest BCUT2D eigenvalue weighted by Gasteiger charge is 2.27. The third-order valence-electron chi connectivity index (χ3n) is 3.61. The molecule has 0 unspecified atom stereocenters. The van der Waals surface area contributed by atoms with Crippen LogP contribution in [0.4, 0.5) is 4.39 Å². The number of amides is 1. The first-order valence-corrected chi connectivity index (χ1v) is 7.31. The summed E-state index contributed by atoms with van der Waals surface area (Å²) in [5.41, 5.74) is 6.56. The van der Waals surface area contributed by atoms with Crippen LogP contribution in [0.25, 0.3) is 0 Å². The highest BCUT2D eigenvalue weighted by molar-refractivity contribution is 5.81. The number of hydrogen-bond donors (Lipinski definition) is 2. The van der Waals surface area contributed by atoms with Crippen molar-refractivity contribution in [1.29, 1.82) is 0 Å². The van der Waals surface area contributed by atoms with E-state index >= 15 is 0 Å². The Kier molecular flexibility index (Phi) is 4.43. The van der Waals surface area contributed by atoms with Crippen LogP contribution in [0.3, 0.4) is 0 Å². The van der Waals surface area contributed by atoms with Gasteiger partial charge in [-0.3, -0.25) is 4.79 Å². The molecule has 1 heterocycles. The van der Waals surface area contributed by atoms with Gasteiger partial charge in [-0.2, -0.15) is 0 Å². The number of halogens is 1. The van der Waals surface area contributed by atoms with Gasteiger partial charge >= 0.3 is 0 Å². The zero-order valence-electron chi connectivity index (χ0n) is 12.4. The van der Waals surface area contributed by atoms with E-state index < -0.39 is 6.10 Å². The molecule has 1 amide bonds. The molecule has 0 radical (unpaired) electrons. The Morgan fingerprint density at radius 2 is 2.04 bits per heavy atom. The molecule has 1 atom stereocenters. The predicted octanol–water partition coefficient (Wildman–Crippen LogP) is 1.74. The molecule has 3 N–H and O–H groups in total. The van der Waals surface area contributed by atoms with Crippen molar-refractivity contribution in [3.05, 3.63) is 59.4 Å². The molecule has 1 aliphatic rings. The second-order valence-electron chi connectivity index (χ2n) is 5.21. The topological polar surface area (TPSA) is 73.6 Å². The van der Waals surface area contributed by atoms with Gasteiger partial charge in [0.25, 0.3) is 5.91 Å². The van der Waals surface area contributed by atoms with Gasteiger partial charge in [-0.05, 0) is 23.8 Å². The molecule has 3 rings (SSSR count). The molecule has 0 fully saturated rings. The summed E-state index contributed by atoms with van der Waals surface area (Å²) in [7, 11) is 0. The molecular weight excluding hydrogens is 299 g/mol. The molecule has 23 heavy (non-hydrogen) atoms. The van der Waals surface area contributed by atoms with Gasteiger partial charge in [-0.25, -0.2) is 4.39 Å². The number of para-hydroxylation sites is 2. The summed E-state index contributed by atoms with van der Waals surface area (Å²) < 4.78 is 25.0. The Morgan fingerprint density at radius 1 is 1.26 bits per heavy atom. The lowest BCUT2D eigenvalue weighted by Gasteiger charge is -2.25. The Labute approximate surface area is 133 Å². The van der Waals surface area contributed by atoms with E-state index in [2.05, 4.69) is 5.32 Å². The average molecular weight is 316 g/mol. The van der Waals surface area contributed by atoms with E-state index in [1.165, 1.54) is 6.07 Å². The molecule has 0 spiro atoms. The number of benzene rings is 2. The van der Waals surface area contributed by atoms with Crippen LogP contribution in [-0.2, 0) is 17.9 Å². The molecule has 0 aliphatic carbocycles. The van der Waals surface area contributed by atoms with Gasteiger partial charge in [0.05, 0.1) is 0 Å². The molecule has 2 aromatic rings. The molecule has 0 saturated carbocycles. The standard InChI is InChI=1S/C17H17FN2O3/c18-13-7-11(8-19)5-6-12(13)9-20-17(21)16-10-22-14-3-1-2-4-15(14)23-16/h1-7,16H,8-10,19H2,(H,20,21)/t16-/m0/s1. The highest BCUT2D eigenvalue weighted by atomic mass is 19.1.